The average molecular weight is 717 g/mol. The van der Waals surface area contributed by atoms with Gasteiger partial charge in [0.15, 0.2) is 0 Å². The summed E-state index contributed by atoms with van der Waals surface area (Å²) in [6.07, 6.45) is 3.99. The minimum Gasteiger partial charge on any atom is -0.426 e. The number of carbonyl (C=O) groups is 1. The van der Waals surface area contributed by atoms with Crippen LogP contribution in [0.15, 0.2) is 72.8 Å². The molecule has 0 spiro atoms. The number of benzene rings is 5. The van der Waals surface area contributed by atoms with Gasteiger partial charge in [0, 0.05) is 90.7 Å². The Morgan fingerprint density at radius 1 is 0.491 bits per heavy atom. The van der Waals surface area contributed by atoms with Crippen molar-refractivity contribution in [2.45, 2.75) is 80.0 Å². The van der Waals surface area contributed by atoms with E-state index in [1.807, 2.05) is 0 Å². The van der Waals surface area contributed by atoms with Gasteiger partial charge in [-0.05, 0) is 92.4 Å². The first-order valence-electron chi connectivity index (χ1n) is 19.2. The van der Waals surface area contributed by atoms with Crippen LogP contribution in [0.1, 0.15) is 169 Å². The highest BCUT2D eigenvalue weighted by atomic mass is 31.2. The maximum atomic E-state index is 14.0. The molecular weight excluding hydrogens is 679 g/mol. The molecule has 0 saturated carbocycles. The molecule has 0 radical (unpaired) electrons. The molecule has 0 unspecified atom stereocenters. The Morgan fingerprint density at radius 2 is 0.792 bits per heavy atom. The van der Waals surface area contributed by atoms with Crippen LogP contribution in [0, 0.1) is 0 Å². The van der Waals surface area contributed by atoms with E-state index in [9.17, 15) is 9.36 Å². The van der Waals surface area contributed by atoms with Crippen LogP contribution < -0.4 is 9.26 Å². The molecule has 7 heteroatoms. The van der Waals surface area contributed by atoms with E-state index in [0.717, 1.165) is 47.9 Å². The molecule has 0 fully saturated rings. The van der Waals surface area contributed by atoms with E-state index in [4.69, 9.17) is 18.3 Å². The number of phosphoric acid groups is 1. The third-order valence-corrected chi connectivity index (χ3v) is 16.1. The van der Waals surface area contributed by atoms with Gasteiger partial charge in [-0.15, -0.1) is 0 Å². The number of carbonyl (C=O) groups excluding carboxylic acids is 1. The topological polar surface area (TPSA) is 71.1 Å². The summed E-state index contributed by atoms with van der Waals surface area (Å²) in [6.45, 7) is 1.51. The van der Waals surface area contributed by atoms with Gasteiger partial charge in [0.25, 0.3) is 0 Å². The van der Waals surface area contributed by atoms with Crippen LogP contribution in [-0.2, 0) is 18.4 Å². The molecule has 5 aromatic rings. The van der Waals surface area contributed by atoms with Gasteiger partial charge in [-0.2, -0.15) is 0 Å². The second kappa shape index (κ2) is 9.78. The van der Waals surface area contributed by atoms with Gasteiger partial charge >= 0.3 is 13.8 Å². The quantitative estimate of drug-likeness (QED) is 0.102. The van der Waals surface area contributed by atoms with Crippen molar-refractivity contribution in [1.29, 1.82) is 0 Å². The highest BCUT2D eigenvalue weighted by molar-refractivity contribution is 7.48. The summed E-state index contributed by atoms with van der Waals surface area (Å²) < 4.78 is 38.1. The molecule has 0 aromatic heterocycles. The summed E-state index contributed by atoms with van der Waals surface area (Å²) in [5.74, 6) is 2.81. The maximum Gasteiger partial charge on any atom is 0.529 e. The van der Waals surface area contributed by atoms with Crippen molar-refractivity contribution in [2.24, 2.45) is 0 Å². The number of hydrogen-bond donors (Lipinski definition) is 0. The third-order valence-electron chi connectivity index (χ3n) is 14.8. The first kappa shape index (κ1) is 29.9. The van der Waals surface area contributed by atoms with Gasteiger partial charge in [-0.3, -0.25) is 13.8 Å². The van der Waals surface area contributed by atoms with Crippen molar-refractivity contribution >= 4 is 13.8 Å². The lowest BCUT2D eigenvalue weighted by Crippen LogP contribution is -2.18. The molecule has 0 heterocycles. The minimum absolute atomic E-state index is 0.0206. The van der Waals surface area contributed by atoms with Crippen molar-refractivity contribution in [3.63, 3.8) is 0 Å². The van der Waals surface area contributed by atoms with E-state index in [1.165, 1.54) is 87.9 Å². The molecular formula is C46H37O6P. The van der Waals surface area contributed by atoms with E-state index in [-0.39, 0.29) is 29.6 Å². The molecule has 8 atom stereocenters. The summed E-state index contributed by atoms with van der Waals surface area (Å²) in [5, 5.41) is 0. The third kappa shape index (κ3) is 3.47. The molecule has 0 saturated heterocycles. The largest absolute Gasteiger partial charge is 0.529 e. The zero-order valence-corrected chi connectivity index (χ0v) is 30.7. The lowest BCUT2D eigenvalue weighted by atomic mass is 9.74. The van der Waals surface area contributed by atoms with E-state index in [2.05, 4.69) is 72.8 Å². The predicted molar refractivity (Wildman–Crippen MR) is 199 cm³/mol. The number of phosphoric ester groups is 1. The van der Waals surface area contributed by atoms with Crippen LogP contribution in [0.4, 0.5) is 0 Å². The molecule has 8 aliphatic carbocycles. The monoisotopic (exact) mass is 716 g/mol. The average Bonchev–Trinajstić information content (AvgIpc) is 4.05. The number of esters is 1. The Kier molecular flexibility index (Phi) is 5.52. The van der Waals surface area contributed by atoms with E-state index >= 15 is 0 Å². The fraction of sp³-hybridized carbons (Fsp3) is 0.326. The number of rotatable bonds is 5. The van der Waals surface area contributed by atoms with Crippen molar-refractivity contribution < 1.29 is 27.7 Å². The van der Waals surface area contributed by atoms with Crippen molar-refractivity contribution in [3.05, 3.63) is 162 Å². The second-order valence-electron chi connectivity index (χ2n) is 16.7. The Balaban J connectivity index is 1.03. The summed E-state index contributed by atoms with van der Waals surface area (Å²) in [7, 11) is -1.18. The smallest absolute Gasteiger partial charge is 0.426 e. The fourth-order valence-corrected chi connectivity index (χ4v) is 13.8. The van der Waals surface area contributed by atoms with Crippen molar-refractivity contribution in [1.82, 2.24) is 0 Å². The zero-order chi connectivity index (χ0) is 35.2. The molecule has 8 bridgehead atoms. The van der Waals surface area contributed by atoms with Crippen LogP contribution in [-0.4, -0.2) is 20.2 Å². The fourth-order valence-electron chi connectivity index (χ4n) is 13.0. The minimum atomic E-state index is -3.95. The molecule has 8 aliphatic rings. The van der Waals surface area contributed by atoms with Gasteiger partial charge in [-0.1, -0.05) is 72.8 Å². The highest BCUT2D eigenvalue weighted by Crippen LogP contribution is 2.72. The molecule has 0 N–H and O–H groups in total. The first-order valence-corrected chi connectivity index (χ1v) is 20.7. The number of hydrogen-bond acceptors (Lipinski definition) is 6. The molecule has 53 heavy (non-hydrogen) atoms. The van der Waals surface area contributed by atoms with Gasteiger partial charge in [-0.25, -0.2) is 4.57 Å². The number of ether oxygens (including phenoxy) is 1. The predicted octanol–water partition coefficient (Wildman–Crippen LogP) is 10.3. The van der Waals surface area contributed by atoms with Crippen LogP contribution in [0.2, 0.25) is 0 Å². The van der Waals surface area contributed by atoms with Gasteiger partial charge in [0.2, 0.25) is 0 Å². The zero-order valence-electron chi connectivity index (χ0n) is 29.8. The molecule has 262 valence electrons. The molecule has 0 aliphatic heterocycles. The number of fused-ring (bicyclic) bond motifs is 32. The lowest BCUT2D eigenvalue weighted by Gasteiger charge is -2.33. The Bertz CT molecular complexity index is 2480. The summed E-state index contributed by atoms with van der Waals surface area (Å²) in [6, 6.07) is 27.8. The van der Waals surface area contributed by atoms with Gasteiger partial charge in [0.1, 0.15) is 11.5 Å². The normalized spacial score (nSPS) is 28.3. The van der Waals surface area contributed by atoms with Crippen molar-refractivity contribution in [3.8, 4) is 11.5 Å². The Labute approximate surface area is 308 Å². The maximum absolute atomic E-state index is 14.0. The standard InChI is InChI=1S/C46H37O6P/c1-20(47)51-45-41-37-18-39(35-16-31-27-12-25(29(31)14-33(35)37)21-8-4-6-10-23(21)27)43(41)46(52-53(48,49-2)50-3)44-40-19-38(42(44)45)34-15-30-26-13-28(32(30)17-36(34)40)24-11-7-5-9-22(24)26/h4-11,14-17,25-28,37-40H,12-13,18-19H2,1-3H3/t25-,26+,27+,28-,37-,38+,39+,40-. The van der Waals surface area contributed by atoms with Crippen molar-refractivity contribution in [2.75, 3.05) is 14.2 Å². The first-order chi connectivity index (χ1) is 25.9. The van der Waals surface area contributed by atoms with Crippen LogP contribution in [0.5, 0.6) is 11.5 Å². The van der Waals surface area contributed by atoms with E-state index in [0.29, 0.717) is 35.2 Å². The van der Waals surface area contributed by atoms with Gasteiger partial charge in [0.05, 0.1) is 0 Å². The summed E-state index contributed by atoms with van der Waals surface area (Å²) in [4.78, 5) is 13.1. The second-order valence-corrected chi connectivity index (χ2v) is 18.5. The Hall–Kier alpha value is -4.48. The summed E-state index contributed by atoms with van der Waals surface area (Å²) in [5.41, 5.74) is 21.0. The highest BCUT2D eigenvalue weighted by Gasteiger charge is 2.56. The molecule has 6 nitrogen and oxygen atoms in total. The van der Waals surface area contributed by atoms with Gasteiger partial charge < -0.3 is 9.26 Å². The van der Waals surface area contributed by atoms with Crippen LogP contribution in [0.25, 0.3) is 0 Å². The lowest BCUT2D eigenvalue weighted by molar-refractivity contribution is -0.132. The summed E-state index contributed by atoms with van der Waals surface area (Å²) >= 11 is 0. The molecule has 13 rings (SSSR count). The van der Waals surface area contributed by atoms with Crippen LogP contribution >= 0.6 is 7.82 Å². The molecule has 5 aromatic carbocycles. The Morgan fingerprint density at radius 3 is 1.11 bits per heavy atom. The molecule has 0 amide bonds. The van der Waals surface area contributed by atoms with Crippen LogP contribution in [0.3, 0.4) is 0 Å². The van der Waals surface area contributed by atoms with E-state index in [1.54, 1.807) is 0 Å². The SMILES string of the molecule is COP(=O)(OC)Oc1c2c(c(OC(C)=O)c3c1[C@H]1C[C@@H]3c3cc4c(cc31)[C@H]1C[C@@H]4c3ccccc31)[C@H]1C[C@@H]2c2cc3c(cc21)[C@H]1C[C@@H]3c2ccccc21. The van der Waals surface area contributed by atoms with E-state index < -0.39 is 7.82 Å².